The fourth-order valence-electron chi connectivity index (χ4n) is 3.49. The lowest BCUT2D eigenvalue weighted by Gasteiger charge is -2.37. The van der Waals surface area contributed by atoms with Crippen molar-refractivity contribution in [2.45, 2.75) is 18.7 Å². The van der Waals surface area contributed by atoms with Crippen LogP contribution in [0, 0.1) is 0 Å². The fourth-order valence-corrected chi connectivity index (χ4v) is 4.94. The van der Waals surface area contributed by atoms with Crippen LogP contribution in [0.1, 0.15) is 24.4 Å². The summed E-state index contributed by atoms with van der Waals surface area (Å²) in [5, 5.41) is 4.71. The van der Waals surface area contributed by atoms with Gasteiger partial charge in [0.15, 0.2) is 5.58 Å². The Labute approximate surface area is 158 Å². The van der Waals surface area contributed by atoms with Crippen molar-refractivity contribution in [3.05, 3.63) is 60.0 Å². The van der Waals surface area contributed by atoms with Crippen LogP contribution < -0.4 is 0 Å². The number of hydrogen-bond acceptors (Lipinski definition) is 6. The van der Waals surface area contributed by atoms with Crippen molar-refractivity contribution in [1.82, 2.24) is 19.3 Å². The molecule has 1 unspecified atom stereocenters. The summed E-state index contributed by atoms with van der Waals surface area (Å²) in [4.78, 5) is 6.67. The molecule has 1 saturated heterocycles. The lowest BCUT2D eigenvalue weighted by molar-refractivity contribution is 0.143. The molecule has 0 bridgehead atoms. The first-order valence-electron chi connectivity index (χ1n) is 9.01. The molecular weight excluding hydrogens is 364 g/mol. The van der Waals surface area contributed by atoms with Gasteiger partial charge in [0.25, 0.3) is 0 Å². The van der Waals surface area contributed by atoms with Crippen LogP contribution in [0.15, 0.2) is 53.2 Å². The second kappa shape index (κ2) is 7.38. The fraction of sp³-hybridized carbons (Fsp3) is 0.368. The van der Waals surface area contributed by atoms with Gasteiger partial charge in [-0.05, 0) is 31.2 Å². The third-order valence-corrected chi connectivity index (χ3v) is 6.89. The molecule has 2 aromatic heterocycles. The van der Waals surface area contributed by atoms with E-state index in [2.05, 4.69) is 22.0 Å². The van der Waals surface area contributed by atoms with Crippen molar-refractivity contribution in [3.63, 3.8) is 0 Å². The van der Waals surface area contributed by atoms with E-state index in [0.29, 0.717) is 37.5 Å². The van der Waals surface area contributed by atoms with E-state index in [1.807, 2.05) is 36.4 Å². The van der Waals surface area contributed by atoms with Gasteiger partial charge in [0.05, 0.1) is 5.69 Å². The highest BCUT2D eigenvalue weighted by molar-refractivity contribution is 7.88. The molecule has 3 aromatic rings. The molecule has 0 radical (unpaired) electrons. The Morgan fingerprint density at radius 1 is 1.07 bits per heavy atom. The molecule has 142 valence electrons. The maximum absolute atomic E-state index is 12.9. The summed E-state index contributed by atoms with van der Waals surface area (Å²) >= 11 is 0. The summed E-state index contributed by atoms with van der Waals surface area (Å²) in [6.07, 6.45) is 1.79. The summed E-state index contributed by atoms with van der Waals surface area (Å²) in [6.45, 7) is 4.39. The van der Waals surface area contributed by atoms with Crippen LogP contribution in [0.25, 0.3) is 11.0 Å². The van der Waals surface area contributed by atoms with Crippen molar-refractivity contribution < 1.29 is 12.9 Å². The van der Waals surface area contributed by atoms with Crippen LogP contribution in [0.5, 0.6) is 0 Å². The molecule has 1 aliphatic heterocycles. The number of fused-ring (bicyclic) bond motifs is 1. The Morgan fingerprint density at radius 3 is 2.56 bits per heavy atom. The molecule has 1 aliphatic rings. The largest absolute Gasteiger partial charge is 0.356 e. The van der Waals surface area contributed by atoms with Crippen LogP contribution in [0.2, 0.25) is 0 Å². The van der Waals surface area contributed by atoms with Crippen molar-refractivity contribution in [2.75, 3.05) is 26.2 Å². The quantitative estimate of drug-likeness (QED) is 0.670. The predicted molar refractivity (Wildman–Crippen MR) is 102 cm³/mol. The number of para-hydroxylation sites is 1. The van der Waals surface area contributed by atoms with Gasteiger partial charge in [-0.25, -0.2) is 8.42 Å². The summed E-state index contributed by atoms with van der Waals surface area (Å²) in [6, 6.07) is 13.4. The minimum Gasteiger partial charge on any atom is -0.356 e. The van der Waals surface area contributed by atoms with Gasteiger partial charge < -0.3 is 4.52 Å². The van der Waals surface area contributed by atoms with Crippen LogP contribution >= 0.6 is 0 Å². The molecule has 3 heterocycles. The maximum atomic E-state index is 12.9. The topological polar surface area (TPSA) is 79.5 Å². The van der Waals surface area contributed by atoms with Gasteiger partial charge in [-0.2, -0.15) is 4.31 Å². The monoisotopic (exact) mass is 386 g/mol. The van der Waals surface area contributed by atoms with Crippen molar-refractivity contribution in [3.8, 4) is 0 Å². The van der Waals surface area contributed by atoms with E-state index in [1.165, 1.54) is 0 Å². The third-order valence-electron chi connectivity index (χ3n) is 5.10. The van der Waals surface area contributed by atoms with Gasteiger partial charge in [0.2, 0.25) is 10.0 Å². The molecule has 0 aliphatic carbocycles. The van der Waals surface area contributed by atoms with Crippen LogP contribution in [0.4, 0.5) is 0 Å². The molecule has 4 rings (SSSR count). The number of rotatable bonds is 5. The highest BCUT2D eigenvalue weighted by Gasteiger charge is 2.30. The van der Waals surface area contributed by atoms with Gasteiger partial charge in [-0.15, -0.1) is 0 Å². The Kier molecular flexibility index (Phi) is 4.94. The average molecular weight is 386 g/mol. The molecule has 7 nitrogen and oxygen atoms in total. The molecule has 8 heteroatoms. The van der Waals surface area contributed by atoms with Crippen molar-refractivity contribution in [2.24, 2.45) is 0 Å². The number of benzene rings is 1. The molecule has 0 saturated carbocycles. The van der Waals surface area contributed by atoms with Crippen molar-refractivity contribution >= 4 is 21.0 Å². The Morgan fingerprint density at radius 2 is 1.81 bits per heavy atom. The minimum absolute atomic E-state index is 0.139. The van der Waals surface area contributed by atoms with E-state index in [9.17, 15) is 8.42 Å². The van der Waals surface area contributed by atoms with Gasteiger partial charge in [0.1, 0.15) is 11.4 Å². The molecule has 0 spiro atoms. The average Bonchev–Trinajstić information content (AvgIpc) is 3.10. The molecule has 0 N–H and O–H groups in total. The van der Waals surface area contributed by atoms with E-state index in [-0.39, 0.29) is 11.8 Å². The van der Waals surface area contributed by atoms with Gasteiger partial charge >= 0.3 is 0 Å². The van der Waals surface area contributed by atoms with Crippen molar-refractivity contribution in [1.29, 1.82) is 0 Å². The third kappa shape index (κ3) is 3.73. The van der Waals surface area contributed by atoms with Gasteiger partial charge in [-0.1, -0.05) is 23.4 Å². The van der Waals surface area contributed by atoms with Crippen LogP contribution in [0.3, 0.4) is 0 Å². The van der Waals surface area contributed by atoms with E-state index < -0.39 is 10.0 Å². The zero-order valence-electron chi connectivity index (χ0n) is 15.2. The van der Waals surface area contributed by atoms with Crippen LogP contribution in [-0.4, -0.2) is 53.9 Å². The second-order valence-corrected chi connectivity index (χ2v) is 8.72. The number of pyridine rings is 1. The normalized spacial score (nSPS) is 18.0. The molecule has 27 heavy (non-hydrogen) atoms. The van der Waals surface area contributed by atoms with E-state index in [4.69, 9.17) is 4.52 Å². The predicted octanol–water partition coefficient (Wildman–Crippen LogP) is 2.43. The Bertz CT molecular complexity index is 1010. The SMILES string of the molecule is CC(c1ccccn1)N1CCN(S(=O)(=O)Cc2noc3ccccc23)CC1. The first-order chi connectivity index (χ1) is 13.0. The molecule has 1 atom stereocenters. The minimum atomic E-state index is -3.44. The number of sulfonamides is 1. The number of hydrogen-bond donors (Lipinski definition) is 0. The van der Waals surface area contributed by atoms with E-state index in [1.54, 1.807) is 16.6 Å². The zero-order valence-corrected chi connectivity index (χ0v) is 16.0. The first-order valence-corrected chi connectivity index (χ1v) is 10.6. The highest BCUT2D eigenvalue weighted by atomic mass is 32.2. The number of aromatic nitrogens is 2. The number of nitrogens with zero attached hydrogens (tertiary/aromatic N) is 4. The zero-order chi connectivity index (χ0) is 18.9. The first kappa shape index (κ1) is 18.1. The summed E-state index contributed by atoms with van der Waals surface area (Å²) < 4.78 is 32.5. The highest BCUT2D eigenvalue weighted by Crippen LogP contribution is 2.24. The Balaban J connectivity index is 1.42. The molecule has 1 fully saturated rings. The molecular formula is C19H22N4O3S. The smallest absolute Gasteiger partial charge is 0.220 e. The lowest BCUT2D eigenvalue weighted by atomic mass is 10.1. The summed E-state index contributed by atoms with van der Waals surface area (Å²) in [5.41, 5.74) is 2.08. The standard InChI is InChI=1S/C19H22N4O3S/c1-15(17-7-4-5-9-20-17)22-10-12-23(13-11-22)27(24,25)14-18-16-6-2-3-8-19(16)26-21-18/h2-9,15H,10-14H2,1H3. The molecule has 0 amide bonds. The maximum Gasteiger partial charge on any atom is 0.220 e. The summed E-state index contributed by atoms with van der Waals surface area (Å²) in [5.74, 6) is -0.139. The van der Waals surface area contributed by atoms with Crippen LogP contribution in [-0.2, 0) is 15.8 Å². The van der Waals surface area contributed by atoms with Gasteiger partial charge in [-0.3, -0.25) is 9.88 Å². The lowest BCUT2D eigenvalue weighted by Crippen LogP contribution is -2.49. The van der Waals surface area contributed by atoms with E-state index >= 15 is 0 Å². The molecule has 1 aromatic carbocycles. The van der Waals surface area contributed by atoms with Gasteiger partial charge in [0, 0.05) is 43.8 Å². The summed E-state index contributed by atoms with van der Waals surface area (Å²) in [7, 11) is -3.44. The second-order valence-electron chi connectivity index (χ2n) is 6.75. The number of piperazine rings is 1. The van der Waals surface area contributed by atoms with E-state index in [0.717, 1.165) is 11.1 Å². The Hall–Kier alpha value is -2.29.